The molecule has 5 nitrogen and oxygen atoms in total. The zero-order chi connectivity index (χ0) is 15.6. The van der Waals surface area contributed by atoms with Crippen molar-refractivity contribution in [1.29, 1.82) is 0 Å². The van der Waals surface area contributed by atoms with E-state index in [0.29, 0.717) is 0 Å². The Hall–Kier alpha value is -1.49. The minimum absolute atomic E-state index is 0.0174. The summed E-state index contributed by atoms with van der Waals surface area (Å²) >= 11 is 0. The molecule has 0 radical (unpaired) electrons. The van der Waals surface area contributed by atoms with Gasteiger partial charge in [-0.05, 0) is 46.2 Å². The Labute approximate surface area is 128 Å². The highest BCUT2D eigenvalue weighted by atomic mass is 16.5. The van der Waals surface area contributed by atoms with Gasteiger partial charge in [0.15, 0.2) is 5.96 Å². The van der Waals surface area contributed by atoms with Crippen molar-refractivity contribution in [3.05, 3.63) is 24.2 Å². The van der Waals surface area contributed by atoms with Crippen molar-refractivity contribution in [2.45, 2.75) is 46.1 Å². The first-order valence-corrected chi connectivity index (χ1v) is 7.68. The number of nitrogens with one attached hydrogen (secondary N) is 2. The summed E-state index contributed by atoms with van der Waals surface area (Å²) in [6.45, 7) is 11.4. The van der Waals surface area contributed by atoms with Crippen molar-refractivity contribution in [2.75, 3.05) is 26.3 Å². The summed E-state index contributed by atoms with van der Waals surface area (Å²) in [7, 11) is 0. The van der Waals surface area contributed by atoms with Gasteiger partial charge in [-0.15, -0.1) is 0 Å². The number of ether oxygens (including phenoxy) is 1. The Morgan fingerprint density at radius 1 is 1.38 bits per heavy atom. The van der Waals surface area contributed by atoms with Gasteiger partial charge in [-0.2, -0.15) is 0 Å². The fourth-order valence-corrected chi connectivity index (χ4v) is 1.76. The standard InChI is InChI=1S/C16H29N3O2/c1-5-20-12-7-10-17-15(19-16(2,3)4)18-11-9-14-8-6-13-21-14/h6,8,13H,5,7,9-12H2,1-4H3,(H2,17,18,19). The molecule has 1 rings (SSSR count). The van der Waals surface area contributed by atoms with Crippen LogP contribution in [0.15, 0.2) is 27.8 Å². The van der Waals surface area contributed by atoms with Crippen LogP contribution in [0, 0.1) is 0 Å². The molecule has 0 amide bonds. The Kier molecular flexibility index (Phi) is 7.90. The maximum absolute atomic E-state index is 5.32. The molecule has 5 heteroatoms. The summed E-state index contributed by atoms with van der Waals surface area (Å²) in [5, 5.41) is 6.74. The highest BCUT2D eigenvalue weighted by Gasteiger charge is 2.11. The SMILES string of the molecule is CCOCCCN=C(NCCc1ccco1)NC(C)(C)C. The Balaban J connectivity index is 2.37. The van der Waals surface area contributed by atoms with E-state index in [0.717, 1.165) is 50.9 Å². The van der Waals surface area contributed by atoms with Crippen LogP contribution in [0.4, 0.5) is 0 Å². The molecule has 0 saturated heterocycles. The number of hydrogen-bond acceptors (Lipinski definition) is 3. The van der Waals surface area contributed by atoms with Gasteiger partial charge in [0.2, 0.25) is 0 Å². The number of aliphatic imine (C=N–C) groups is 1. The minimum atomic E-state index is -0.0174. The van der Waals surface area contributed by atoms with Gasteiger partial charge in [-0.1, -0.05) is 0 Å². The molecule has 21 heavy (non-hydrogen) atoms. The van der Waals surface area contributed by atoms with Crippen LogP contribution >= 0.6 is 0 Å². The zero-order valence-electron chi connectivity index (χ0n) is 13.7. The first-order chi connectivity index (χ1) is 10.0. The summed E-state index contributed by atoms with van der Waals surface area (Å²) in [6, 6.07) is 3.89. The molecule has 1 aromatic rings. The molecule has 1 aromatic heterocycles. The maximum atomic E-state index is 5.32. The molecular weight excluding hydrogens is 266 g/mol. The van der Waals surface area contributed by atoms with E-state index < -0.39 is 0 Å². The van der Waals surface area contributed by atoms with E-state index in [9.17, 15) is 0 Å². The van der Waals surface area contributed by atoms with Gasteiger partial charge >= 0.3 is 0 Å². The van der Waals surface area contributed by atoms with Gasteiger partial charge in [-0.25, -0.2) is 0 Å². The lowest BCUT2D eigenvalue weighted by Gasteiger charge is -2.24. The Bertz CT molecular complexity index is 394. The lowest BCUT2D eigenvalue weighted by atomic mass is 10.1. The van der Waals surface area contributed by atoms with Gasteiger partial charge < -0.3 is 19.8 Å². The van der Waals surface area contributed by atoms with E-state index in [2.05, 4.69) is 36.4 Å². The van der Waals surface area contributed by atoms with Gasteiger partial charge in [0.05, 0.1) is 6.26 Å². The number of guanidine groups is 1. The van der Waals surface area contributed by atoms with Gasteiger partial charge in [-0.3, -0.25) is 4.99 Å². The third-order valence-corrected chi connectivity index (χ3v) is 2.66. The first kappa shape index (κ1) is 17.6. The predicted molar refractivity (Wildman–Crippen MR) is 86.7 cm³/mol. The predicted octanol–water partition coefficient (Wildman–Crippen LogP) is 2.58. The second-order valence-corrected chi connectivity index (χ2v) is 5.91. The van der Waals surface area contributed by atoms with E-state index in [-0.39, 0.29) is 5.54 Å². The lowest BCUT2D eigenvalue weighted by Crippen LogP contribution is -2.48. The largest absolute Gasteiger partial charge is 0.469 e. The summed E-state index contributed by atoms with van der Waals surface area (Å²) < 4.78 is 10.6. The second-order valence-electron chi connectivity index (χ2n) is 5.91. The van der Waals surface area contributed by atoms with Crippen LogP contribution in [0.25, 0.3) is 0 Å². The fraction of sp³-hybridized carbons (Fsp3) is 0.688. The van der Waals surface area contributed by atoms with Crippen LogP contribution < -0.4 is 10.6 Å². The smallest absolute Gasteiger partial charge is 0.191 e. The molecule has 120 valence electrons. The van der Waals surface area contributed by atoms with Crippen LogP contribution in [-0.2, 0) is 11.2 Å². The molecular formula is C16H29N3O2. The quantitative estimate of drug-likeness (QED) is 0.440. The van der Waals surface area contributed by atoms with Crippen LogP contribution in [0.3, 0.4) is 0 Å². The highest BCUT2D eigenvalue weighted by Crippen LogP contribution is 2.01. The molecule has 0 saturated carbocycles. The first-order valence-electron chi connectivity index (χ1n) is 7.68. The second kappa shape index (κ2) is 9.45. The summed E-state index contributed by atoms with van der Waals surface area (Å²) in [4.78, 5) is 4.58. The normalized spacial score (nSPS) is 12.5. The number of hydrogen-bond donors (Lipinski definition) is 2. The monoisotopic (exact) mass is 295 g/mol. The van der Waals surface area contributed by atoms with E-state index in [4.69, 9.17) is 9.15 Å². The summed E-state index contributed by atoms with van der Waals surface area (Å²) in [5.74, 6) is 1.82. The van der Waals surface area contributed by atoms with Crippen molar-refractivity contribution in [3.8, 4) is 0 Å². The molecule has 1 heterocycles. The average Bonchev–Trinajstić information content (AvgIpc) is 2.89. The third-order valence-electron chi connectivity index (χ3n) is 2.66. The fourth-order valence-electron chi connectivity index (χ4n) is 1.76. The van der Waals surface area contributed by atoms with E-state index in [1.165, 1.54) is 0 Å². The molecule has 0 aliphatic heterocycles. The van der Waals surface area contributed by atoms with Crippen LogP contribution in [-0.4, -0.2) is 37.8 Å². The molecule has 0 fully saturated rings. The number of rotatable bonds is 8. The van der Waals surface area contributed by atoms with Gasteiger partial charge in [0, 0.05) is 38.3 Å². The molecule has 0 atom stereocenters. The minimum Gasteiger partial charge on any atom is -0.469 e. The Morgan fingerprint density at radius 2 is 2.19 bits per heavy atom. The average molecular weight is 295 g/mol. The van der Waals surface area contributed by atoms with Crippen LogP contribution in [0.5, 0.6) is 0 Å². The van der Waals surface area contributed by atoms with Crippen molar-refractivity contribution >= 4 is 5.96 Å². The molecule has 0 bridgehead atoms. The van der Waals surface area contributed by atoms with Gasteiger partial charge in [0.25, 0.3) is 0 Å². The topological polar surface area (TPSA) is 58.8 Å². The molecule has 0 spiro atoms. The zero-order valence-corrected chi connectivity index (χ0v) is 13.7. The third kappa shape index (κ3) is 9.13. The van der Waals surface area contributed by atoms with Crippen molar-refractivity contribution in [1.82, 2.24) is 10.6 Å². The highest BCUT2D eigenvalue weighted by molar-refractivity contribution is 5.80. The van der Waals surface area contributed by atoms with E-state index in [1.807, 2.05) is 19.1 Å². The van der Waals surface area contributed by atoms with Crippen molar-refractivity contribution in [2.24, 2.45) is 4.99 Å². The van der Waals surface area contributed by atoms with E-state index in [1.54, 1.807) is 6.26 Å². The van der Waals surface area contributed by atoms with Crippen LogP contribution in [0.2, 0.25) is 0 Å². The van der Waals surface area contributed by atoms with Crippen molar-refractivity contribution in [3.63, 3.8) is 0 Å². The molecule has 0 unspecified atom stereocenters. The Morgan fingerprint density at radius 3 is 2.81 bits per heavy atom. The van der Waals surface area contributed by atoms with Crippen LogP contribution in [0.1, 0.15) is 39.9 Å². The molecule has 0 aliphatic carbocycles. The molecule has 2 N–H and O–H groups in total. The van der Waals surface area contributed by atoms with Crippen molar-refractivity contribution < 1.29 is 9.15 Å². The summed E-state index contributed by atoms with van der Waals surface area (Å²) in [5.41, 5.74) is -0.0174. The number of furan rings is 1. The summed E-state index contributed by atoms with van der Waals surface area (Å²) in [6.07, 6.45) is 3.48. The number of nitrogens with zero attached hydrogens (tertiary/aromatic N) is 1. The molecule has 0 aromatic carbocycles. The lowest BCUT2D eigenvalue weighted by molar-refractivity contribution is 0.146. The maximum Gasteiger partial charge on any atom is 0.191 e. The molecule has 0 aliphatic rings. The van der Waals surface area contributed by atoms with Gasteiger partial charge in [0.1, 0.15) is 5.76 Å². The van der Waals surface area contributed by atoms with E-state index >= 15 is 0 Å².